The van der Waals surface area contributed by atoms with Crippen LogP contribution in [0, 0.1) is 17.1 Å². The summed E-state index contributed by atoms with van der Waals surface area (Å²) in [6.45, 7) is 6.69. The maximum Gasteiger partial charge on any atom is 0.410 e. The minimum Gasteiger partial charge on any atom is -0.444 e. The first-order chi connectivity index (χ1) is 15.7. The number of nitrogens with zero attached hydrogens (tertiary/aromatic N) is 5. The van der Waals surface area contributed by atoms with Gasteiger partial charge in [0.1, 0.15) is 27.8 Å². The van der Waals surface area contributed by atoms with Crippen molar-refractivity contribution in [2.75, 3.05) is 18.4 Å². The number of anilines is 1. The number of likely N-dealkylation sites (tertiary alicyclic amines) is 1. The fraction of sp³-hybridized carbons (Fsp3) is 0.391. The van der Waals surface area contributed by atoms with Crippen molar-refractivity contribution in [2.45, 2.75) is 45.3 Å². The molecule has 1 aliphatic heterocycles. The zero-order valence-electron chi connectivity index (χ0n) is 18.6. The second-order valence-electron chi connectivity index (χ2n) is 8.94. The summed E-state index contributed by atoms with van der Waals surface area (Å²) in [5.74, 6) is -0.0329. The zero-order chi connectivity index (χ0) is 23.8. The molecule has 3 aromatic rings. The number of nitrogens with one attached hydrogen (secondary N) is 1. The van der Waals surface area contributed by atoms with Gasteiger partial charge in [0.2, 0.25) is 0 Å². The van der Waals surface area contributed by atoms with Crippen LogP contribution in [-0.4, -0.2) is 50.1 Å². The normalized spacial score (nSPS) is 16.5. The Hall–Kier alpha value is -3.19. The van der Waals surface area contributed by atoms with Gasteiger partial charge < -0.3 is 15.0 Å². The van der Waals surface area contributed by atoms with Gasteiger partial charge in [-0.05, 0) is 61.7 Å². The number of carbonyl (C=O) groups is 1. The Morgan fingerprint density at radius 3 is 2.88 bits per heavy atom. The summed E-state index contributed by atoms with van der Waals surface area (Å²) in [5.41, 5.74) is 1.08. The Bertz CT molecular complexity index is 1250. The Labute approximate surface area is 199 Å². The Morgan fingerprint density at radius 1 is 1.39 bits per heavy atom. The molecule has 1 aromatic carbocycles. The van der Waals surface area contributed by atoms with E-state index in [0.717, 1.165) is 12.8 Å². The van der Waals surface area contributed by atoms with E-state index >= 15 is 0 Å². The van der Waals surface area contributed by atoms with Crippen LogP contribution in [0.2, 0.25) is 0 Å². The third-order valence-electron chi connectivity index (χ3n) is 5.26. The largest absolute Gasteiger partial charge is 0.444 e. The highest BCUT2D eigenvalue weighted by atomic mass is 79.9. The molecule has 1 saturated heterocycles. The maximum atomic E-state index is 14.2. The summed E-state index contributed by atoms with van der Waals surface area (Å²) in [4.78, 5) is 23.3. The van der Waals surface area contributed by atoms with E-state index in [4.69, 9.17) is 10.00 Å². The number of aromatic nitrogens is 3. The predicted molar refractivity (Wildman–Crippen MR) is 125 cm³/mol. The average Bonchev–Trinajstić information content (AvgIpc) is 3.10. The Kier molecular flexibility index (Phi) is 6.26. The fourth-order valence-electron chi connectivity index (χ4n) is 3.77. The summed E-state index contributed by atoms with van der Waals surface area (Å²) in [6, 6.07) is 6.20. The van der Waals surface area contributed by atoms with Gasteiger partial charge in [0.25, 0.3) is 0 Å². The number of amides is 1. The number of benzene rings is 1. The molecule has 8 nitrogen and oxygen atoms in total. The molecule has 1 unspecified atom stereocenters. The minimum atomic E-state index is -0.597. The van der Waals surface area contributed by atoms with Crippen molar-refractivity contribution in [2.24, 2.45) is 0 Å². The molecular formula is C23H24BrFN6O2. The van der Waals surface area contributed by atoms with E-state index < -0.39 is 11.4 Å². The molecule has 3 heterocycles. The van der Waals surface area contributed by atoms with E-state index in [9.17, 15) is 9.18 Å². The summed E-state index contributed by atoms with van der Waals surface area (Å²) in [6.07, 6.45) is 4.80. The molecular weight excluding hydrogens is 491 g/mol. The molecule has 172 valence electrons. The lowest BCUT2D eigenvalue weighted by Crippen LogP contribution is -2.47. The van der Waals surface area contributed by atoms with Gasteiger partial charge in [-0.3, -0.25) is 4.40 Å². The number of hydrogen-bond acceptors (Lipinski definition) is 6. The molecule has 1 N–H and O–H groups in total. The summed E-state index contributed by atoms with van der Waals surface area (Å²) in [7, 11) is 0. The standard InChI is InChI=1S/C23H24BrFN6O2/c1-23(2,3)33-22(32)30-9-4-5-16(13-30)28-20-21-29-18(19(24)31(21)10-8-27-20)14-6-7-15(12-26)17(25)11-14/h6-8,10-11,16H,4-5,9,13H2,1-3H3,(H,27,28). The fourth-order valence-corrected chi connectivity index (χ4v) is 4.37. The monoisotopic (exact) mass is 514 g/mol. The van der Waals surface area contributed by atoms with Crippen molar-refractivity contribution < 1.29 is 13.9 Å². The highest BCUT2D eigenvalue weighted by Gasteiger charge is 2.28. The average molecular weight is 515 g/mol. The van der Waals surface area contributed by atoms with Gasteiger partial charge in [0.05, 0.1) is 5.56 Å². The number of nitriles is 1. The topological polar surface area (TPSA) is 95.5 Å². The molecule has 2 aromatic heterocycles. The molecule has 0 aliphatic carbocycles. The van der Waals surface area contributed by atoms with Crippen LogP contribution in [0.4, 0.5) is 15.0 Å². The Balaban J connectivity index is 1.59. The van der Waals surface area contributed by atoms with Crippen LogP contribution in [0.3, 0.4) is 0 Å². The van der Waals surface area contributed by atoms with Crippen LogP contribution in [0.5, 0.6) is 0 Å². The van der Waals surface area contributed by atoms with Gasteiger partial charge in [0.15, 0.2) is 11.5 Å². The molecule has 0 saturated carbocycles. The van der Waals surface area contributed by atoms with Gasteiger partial charge in [-0.25, -0.2) is 19.2 Å². The molecule has 10 heteroatoms. The van der Waals surface area contributed by atoms with Crippen LogP contribution in [0.15, 0.2) is 35.2 Å². The first-order valence-corrected chi connectivity index (χ1v) is 11.4. The third kappa shape index (κ3) is 4.93. The van der Waals surface area contributed by atoms with Gasteiger partial charge in [0, 0.05) is 37.1 Å². The third-order valence-corrected chi connectivity index (χ3v) is 6.02. The predicted octanol–water partition coefficient (Wildman–Crippen LogP) is 4.98. The van der Waals surface area contributed by atoms with Crippen molar-refractivity contribution in [1.29, 1.82) is 5.26 Å². The smallest absolute Gasteiger partial charge is 0.410 e. The van der Waals surface area contributed by atoms with Crippen molar-refractivity contribution in [3.8, 4) is 17.3 Å². The van der Waals surface area contributed by atoms with E-state index in [1.807, 2.05) is 31.2 Å². The van der Waals surface area contributed by atoms with Crippen molar-refractivity contribution in [3.05, 3.63) is 46.6 Å². The summed E-state index contributed by atoms with van der Waals surface area (Å²) >= 11 is 3.55. The zero-order valence-corrected chi connectivity index (χ0v) is 20.2. The SMILES string of the molecule is CC(C)(C)OC(=O)N1CCCC(Nc2nccn3c(Br)c(-c4ccc(C#N)c(F)c4)nc23)C1. The van der Waals surface area contributed by atoms with Gasteiger partial charge >= 0.3 is 6.09 Å². The van der Waals surface area contributed by atoms with E-state index in [-0.39, 0.29) is 17.7 Å². The number of carbonyl (C=O) groups excluding carboxylic acids is 1. The summed E-state index contributed by atoms with van der Waals surface area (Å²) < 4.78 is 22.1. The molecule has 0 bridgehead atoms. The highest BCUT2D eigenvalue weighted by molar-refractivity contribution is 9.10. The second-order valence-corrected chi connectivity index (χ2v) is 9.69. The molecule has 1 fully saturated rings. The van der Waals surface area contributed by atoms with E-state index in [1.54, 1.807) is 23.4 Å². The van der Waals surface area contributed by atoms with E-state index in [0.29, 0.717) is 40.4 Å². The van der Waals surface area contributed by atoms with Crippen LogP contribution in [-0.2, 0) is 4.74 Å². The lowest BCUT2D eigenvalue weighted by atomic mass is 10.1. The quantitative estimate of drug-likeness (QED) is 0.529. The number of hydrogen-bond donors (Lipinski definition) is 1. The van der Waals surface area contributed by atoms with Crippen molar-refractivity contribution in [1.82, 2.24) is 19.3 Å². The van der Waals surface area contributed by atoms with Gasteiger partial charge in [-0.15, -0.1) is 0 Å². The first-order valence-electron chi connectivity index (χ1n) is 10.6. The lowest BCUT2D eigenvalue weighted by molar-refractivity contribution is 0.0206. The molecule has 4 rings (SSSR count). The number of ether oxygens (including phenoxy) is 1. The molecule has 33 heavy (non-hydrogen) atoms. The Morgan fingerprint density at radius 2 is 2.18 bits per heavy atom. The molecule has 1 aliphatic rings. The molecule has 1 atom stereocenters. The van der Waals surface area contributed by atoms with Gasteiger partial charge in [-0.1, -0.05) is 6.07 Å². The number of rotatable bonds is 3. The number of piperidine rings is 1. The lowest BCUT2D eigenvalue weighted by Gasteiger charge is -2.34. The molecule has 0 spiro atoms. The number of fused-ring (bicyclic) bond motifs is 1. The van der Waals surface area contributed by atoms with Crippen LogP contribution < -0.4 is 5.32 Å². The van der Waals surface area contributed by atoms with Crippen molar-refractivity contribution >= 4 is 33.5 Å². The van der Waals surface area contributed by atoms with Crippen LogP contribution in [0.1, 0.15) is 39.2 Å². The highest BCUT2D eigenvalue weighted by Crippen LogP contribution is 2.32. The van der Waals surface area contributed by atoms with Crippen LogP contribution in [0.25, 0.3) is 16.9 Å². The molecule has 1 amide bonds. The first kappa shape index (κ1) is 23.0. The van der Waals surface area contributed by atoms with E-state index in [2.05, 4.69) is 31.2 Å². The van der Waals surface area contributed by atoms with Crippen molar-refractivity contribution in [3.63, 3.8) is 0 Å². The summed E-state index contributed by atoms with van der Waals surface area (Å²) in [5, 5.41) is 12.4. The van der Waals surface area contributed by atoms with Crippen LogP contribution >= 0.6 is 15.9 Å². The molecule has 0 radical (unpaired) electrons. The van der Waals surface area contributed by atoms with E-state index in [1.165, 1.54) is 12.1 Å². The number of imidazole rings is 1. The second kappa shape index (κ2) is 8.98. The maximum absolute atomic E-state index is 14.2. The minimum absolute atomic E-state index is 0.0174. The van der Waals surface area contributed by atoms with Gasteiger partial charge in [-0.2, -0.15) is 5.26 Å². The number of halogens is 2.